The molecule has 2 rings (SSSR count). The van der Waals surface area contributed by atoms with Crippen molar-refractivity contribution < 1.29 is 4.79 Å². The summed E-state index contributed by atoms with van der Waals surface area (Å²) < 4.78 is 1.66. The summed E-state index contributed by atoms with van der Waals surface area (Å²) in [5.74, 6) is -0.0573. The standard InChI is InChI=1S/C14H14Cl2N2O/c1-3-11-14(16)12(18(2)17-11)8-13(19)9-6-4-5-7-10(9)15/h4-7H,3,8H2,1-2H3. The van der Waals surface area contributed by atoms with Crippen LogP contribution in [-0.2, 0) is 19.9 Å². The molecule has 0 amide bonds. The highest BCUT2D eigenvalue weighted by Gasteiger charge is 2.18. The van der Waals surface area contributed by atoms with Crippen LogP contribution < -0.4 is 0 Å². The quantitative estimate of drug-likeness (QED) is 0.806. The van der Waals surface area contributed by atoms with Crippen LogP contribution in [0.2, 0.25) is 10.0 Å². The van der Waals surface area contributed by atoms with E-state index in [0.29, 0.717) is 15.6 Å². The Labute approximate surface area is 122 Å². The Kier molecular flexibility index (Phi) is 4.27. The first kappa shape index (κ1) is 14.1. The number of aryl methyl sites for hydroxylation is 2. The van der Waals surface area contributed by atoms with Crippen molar-refractivity contribution in [2.24, 2.45) is 7.05 Å². The third-order valence-electron chi connectivity index (χ3n) is 3.01. The first-order valence-electron chi connectivity index (χ1n) is 6.02. The van der Waals surface area contributed by atoms with Crippen LogP contribution in [0.4, 0.5) is 0 Å². The minimum Gasteiger partial charge on any atom is -0.294 e. The summed E-state index contributed by atoms with van der Waals surface area (Å²) in [5, 5.41) is 5.33. The first-order valence-corrected chi connectivity index (χ1v) is 6.78. The van der Waals surface area contributed by atoms with E-state index in [-0.39, 0.29) is 12.2 Å². The third-order valence-corrected chi connectivity index (χ3v) is 3.77. The molecule has 0 bridgehead atoms. The molecule has 1 aromatic heterocycles. The highest BCUT2D eigenvalue weighted by atomic mass is 35.5. The van der Waals surface area contributed by atoms with Gasteiger partial charge in [0.15, 0.2) is 5.78 Å². The molecule has 3 nitrogen and oxygen atoms in total. The zero-order valence-corrected chi connectivity index (χ0v) is 12.3. The highest BCUT2D eigenvalue weighted by molar-refractivity contribution is 6.34. The first-order chi connectivity index (χ1) is 9.04. The Hall–Kier alpha value is -1.32. The summed E-state index contributed by atoms with van der Waals surface area (Å²) in [7, 11) is 1.79. The van der Waals surface area contributed by atoms with Crippen molar-refractivity contribution in [1.82, 2.24) is 9.78 Å². The molecular formula is C14H14Cl2N2O. The van der Waals surface area contributed by atoms with Gasteiger partial charge in [0.1, 0.15) is 0 Å². The van der Waals surface area contributed by atoms with Gasteiger partial charge in [-0.1, -0.05) is 42.3 Å². The van der Waals surface area contributed by atoms with E-state index in [1.54, 1.807) is 36.0 Å². The number of hydrogen-bond acceptors (Lipinski definition) is 2. The Balaban J connectivity index is 2.30. The van der Waals surface area contributed by atoms with E-state index in [1.807, 2.05) is 6.92 Å². The van der Waals surface area contributed by atoms with Gasteiger partial charge in [-0.05, 0) is 18.6 Å². The van der Waals surface area contributed by atoms with Crippen molar-refractivity contribution in [3.05, 3.63) is 51.3 Å². The lowest BCUT2D eigenvalue weighted by molar-refractivity contribution is 0.0991. The summed E-state index contributed by atoms with van der Waals surface area (Å²) in [6, 6.07) is 7.01. The average Bonchev–Trinajstić information content (AvgIpc) is 2.66. The van der Waals surface area contributed by atoms with Gasteiger partial charge < -0.3 is 0 Å². The van der Waals surface area contributed by atoms with Gasteiger partial charge in [-0.2, -0.15) is 5.10 Å². The Morgan fingerprint density at radius 3 is 2.58 bits per heavy atom. The van der Waals surface area contributed by atoms with Crippen LogP contribution in [-0.4, -0.2) is 15.6 Å². The van der Waals surface area contributed by atoms with E-state index in [0.717, 1.165) is 17.8 Å². The van der Waals surface area contributed by atoms with Gasteiger partial charge in [-0.25, -0.2) is 0 Å². The number of benzene rings is 1. The zero-order chi connectivity index (χ0) is 14.0. The second-order valence-corrected chi connectivity index (χ2v) is 5.05. The number of Topliss-reactive ketones (excluding diaryl/α,β-unsaturated/α-hetero) is 1. The lowest BCUT2D eigenvalue weighted by atomic mass is 10.1. The topological polar surface area (TPSA) is 34.9 Å². The molecule has 5 heteroatoms. The maximum Gasteiger partial charge on any atom is 0.170 e. The van der Waals surface area contributed by atoms with E-state index in [1.165, 1.54) is 0 Å². The zero-order valence-electron chi connectivity index (χ0n) is 10.8. The number of halogens is 2. The normalized spacial score (nSPS) is 10.7. The smallest absolute Gasteiger partial charge is 0.170 e. The molecule has 0 spiro atoms. The predicted octanol–water partition coefficient (Wildman–Crippen LogP) is 3.71. The molecule has 0 aliphatic heterocycles. The van der Waals surface area contributed by atoms with Crippen molar-refractivity contribution in [2.75, 3.05) is 0 Å². The number of ketones is 1. The number of carbonyl (C=O) groups is 1. The lowest BCUT2D eigenvalue weighted by Gasteiger charge is -2.04. The SMILES string of the molecule is CCc1nn(C)c(CC(=O)c2ccccc2Cl)c1Cl. The van der Waals surface area contributed by atoms with Crippen LogP contribution in [0.3, 0.4) is 0 Å². The molecule has 0 aliphatic carbocycles. The van der Waals surface area contributed by atoms with Crippen LogP contribution in [0, 0.1) is 0 Å². The Morgan fingerprint density at radius 2 is 2.00 bits per heavy atom. The Morgan fingerprint density at radius 1 is 1.32 bits per heavy atom. The molecule has 0 fully saturated rings. The van der Waals surface area contributed by atoms with Gasteiger partial charge in [-0.3, -0.25) is 9.48 Å². The van der Waals surface area contributed by atoms with Crippen molar-refractivity contribution in [3.8, 4) is 0 Å². The number of aromatic nitrogens is 2. The molecular weight excluding hydrogens is 283 g/mol. The lowest BCUT2D eigenvalue weighted by Crippen LogP contribution is -2.08. The maximum absolute atomic E-state index is 12.3. The van der Waals surface area contributed by atoms with Gasteiger partial charge in [0.05, 0.1) is 27.9 Å². The number of nitrogens with zero attached hydrogens (tertiary/aromatic N) is 2. The second-order valence-electron chi connectivity index (χ2n) is 4.26. The van der Waals surface area contributed by atoms with Crippen LogP contribution in [0.15, 0.2) is 24.3 Å². The molecule has 0 radical (unpaired) electrons. The van der Waals surface area contributed by atoms with Crippen LogP contribution in [0.1, 0.15) is 28.7 Å². The molecule has 100 valence electrons. The summed E-state index contributed by atoms with van der Waals surface area (Å²) in [5.41, 5.74) is 2.05. The van der Waals surface area contributed by atoms with E-state index < -0.39 is 0 Å². The number of carbonyl (C=O) groups excluding carboxylic acids is 1. The Bertz CT molecular complexity index is 620. The van der Waals surface area contributed by atoms with Crippen LogP contribution in [0.5, 0.6) is 0 Å². The van der Waals surface area contributed by atoms with Crippen LogP contribution >= 0.6 is 23.2 Å². The molecule has 0 atom stereocenters. The number of hydrogen-bond donors (Lipinski definition) is 0. The summed E-state index contributed by atoms with van der Waals surface area (Å²) in [4.78, 5) is 12.3. The fraction of sp³-hybridized carbons (Fsp3) is 0.286. The van der Waals surface area contributed by atoms with Gasteiger partial charge in [0, 0.05) is 12.6 Å². The molecule has 0 N–H and O–H groups in total. The van der Waals surface area contributed by atoms with Gasteiger partial charge >= 0.3 is 0 Å². The van der Waals surface area contributed by atoms with Gasteiger partial charge in [0.2, 0.25) is 0 Å². The van der Waals surface area contributed by atoms with Crippen molar-refractivity contribution in [2.45, 2.75) is 19.8 Å². The molecule has 0 unspecified atom stereocenters. The fourth-order valence-corrected chi connectivity index (χ4v) is 2.55. The third kappa shape index (κ3) is 2.82. The average molecular weight is 297 g/mol. The van der Waals surface area contributed by atoms with Crippen LogP contribution in [0.25, 0.3) is 0 Å². The van der Waals surface area contributed by atoms with E-state index in [9.17, 15) is 4.79 Å². The molecule has 0 saturated carbocycles. The van der Waals surface area contributed by atoms with E-state index in [4.69, 9.17) is 23.2 Å². The minimum absolute atomic E-state index is 0.0573. The molecule has 0 saturated heterocycles. The monoisotopic (exact) mass is 296 g/mol. The summed E-state index contributed by atoms with van der Waals surface area (Å²) >= 11 is 12.3. The summed E-state index contributed by atoms with van der Waals surface area (Å²) in [6.07, 6.45) is 0.943. The molecule has 1 aromatic carbocycles. The largest absolute Gasteiger partial charge is 0.294 e. The van der Waals surface area contributed by atoms with Crippen molar-refractivity contribution >= 4 is 29.0 Å². The van der Waals surface area contributed by atoms with Crippen molar-refractivity contribution in [3.63, 3.8) is 0 Å². The molecule has 1 heterocycles. The maximum atomic E-state index is 12.3. The van der Waals surface area contributed by atoms with Gasteiger partial charge in [-0.15, -0.1) is 0 Å². The molecule has 0 aliphatic rings. The van der Waals surface area contributed by atoms with Gasteiger partial charge in [0.25, 0.3) is 0 Å². The fourth-order valence-electron chi connectivity index (χ4n) is 1.95. The predicted molar refractivity (Wildman–Crippen MR) is 77.1 cm³/mol. The second kappa shape index (κ2) is 5.76. The molecule has 2 aromatic rings. The molecule has 19 heavy (non-hydrogen) atoms. The minimum atomic E-state index is -0.0573. The van der Waals surface area contributed by atoms with E-state index in [2.05, 4.69) is 5.10 Å². The van der Waals surface area contributed by atoms with Crippen molar-refractivity contribution in [1.29, 1.82) is 0 Å². The van der Waals surface area contributed by atoms with E-state index >= 15 is 0 Å². The number of rotatable bonds is 4. The highest BCUT2D eigenvalue weighted by Crippen LogP contribution is 2.24. The summed E-state index contributed by atoms with van der Waals surface area (Å²) in [6.45, 7) is 1.98.